The number of carboxylic acids is 1. The molecule has 1 saturated heterocycles. The molecule has 7 heteroatoms. The van der Waals surface area contributed by atoms with Crippen LogP contribution in [0.5, 0.6) is 0 Å². The average molecular weight is 329 g/mol. The summed E-state index contributed by atoms with van der Waals surface area (Å²) in [4.78, 5) is 20.9. The number of nitro groups is 1. The molecule has 1 aromatic rings. The van der Waals surface area contributed by atoms with E-state index in [2.05, 4.69) is 0 Å². The first-order valence-corrected chi connectivity index (χ1v) is 7.79. The van der Waals surface area contributed by atoms with Crippen LogP contribution in [-0.2, 0) is 11.3 Å². The predicted octanol–water partition coefficient (Wildman–Crippen LogP) is -1.37. The Morgan fingerprint density at radius 1 is 1.13 bits per heavy atom. The minimum absolute atomic E-state index is 0. The summed E-state index contributed by atoms with van der Waals surface area (Å²) in [6.07, 6.45) is 4.24. The summed E-state index contributed by atoms with van der Waals surface area (Å²) in [5.41, 5.74) is 1.17. The van der Waals surface area contributed by atoms with Gasteiger partial charge in [-0.15, -0.1) is 0 Å². The minimum atomic E-state index is -0.995. The Balaban J connectivity index is 0.00000264. The molecule has 0 bridgehead atoms. The SMILES string of the molecule is O=C([O-])CCC[N+]1(Cc2ccc([N+](=O)[O-])cc2)CCCCC1.[Na+]. The molecule has 0 unspecified atom stereocenters. The van der Waals surface area contributed by atoms with Crippen molar-refractivity contribution in [3.8, 4) is 0 Å². The molecule has 1 aliphatic heterocycles. The number of carboxylic acid groups (broad SMARTS) is 1. The first-order chi connectivity index (χ1) is 10.5. The van der Waals surface area contributed by atoms with Gasteiger partial charge in [-0.05, 0) is 37.8 Å². The zero-order valence-electron chi connectivity index (χ0n) is 13.7. The van der Waals surface area contributed by atoms with E-state index < -0.39 is 10.9 Å². The van der Waals surface area contributed by atoms with Gasteiger partial charge in [0.2, 0.25) is 0 Å². The maximum absolute atomic E-state index is 10.7. The maximum Gasteiger partial charge on any atom is 1.00 e. The number of carbonyl (C=O) groups is 1. The third kappa shape index (κ3) is 6.22. The molecule has 0 amide bonds. The Morgan fingerprint density at radius 2 is 1.74 bits per heavy atom. The van der Waals surface area contributed by atoms with Gasteiger partial charge in [-0.2, -0.15) is 0 Å². The number of hydrogen-bond acceptors (Lipinski definition) is 4. The largest absolute Gasteiger partial charge is 1.00 e. The van der Waals surface area contributed by atoms with Crippen molar-refractivity contribution in [2.75, 3.05) is 19.6 Å². The molecular weight excluding hydrogens is 307 g/mol. The van der Waals surface area contributed by atoms with Gasteiger partial charge in [-0.3, -0.25) is 10.1 Å². The number of quaternary nitrogens is 1. The van der Waals surface area contributed by atoms with Crippen LogP contribution in [-0.4, -0.2) is 35.0 Å². The summed E-state index contributed by atoms with van der Waals surface area (Å²) in [5.74, 6) is -0.995. The van der Waals surface area contributed by atoms with Crippen LogP contribution in [0.4, 0.5) is 5.69 Å². The number of hydrogen-bond donors (Lipinski definition) is 0. The second kappa shape index (κ2) is 9.37. The molecule has 6 nitrogen and oxygen atoms in total. The van der Waals surface area contributed by atoms with Crippen LogP contribution in [0.1, 0.15) is 37.7 Å². The molecule has 0 aliphatic carbocycles. The normalized spacial score (nSPS) is 16.3. The Kier molecular flexibility index (Phi) is 8.19. The van der Waals surface area contributed by atoms with Crippen molar-refractivity contribution >= 4 is 11.7 Å². The van der Waals surface area contributed by atoms with Gasteiger partial charge in [0, 0.05) is 30.1 Å². The number of nitrogens with zero attached hydrogens (tertiary/aromatic N) is 2. The minimum Gasteiger partial charge on any atom is -0.550 e. The molecular formula is C16H22N2NaO4+. The van der Waals surface area contributed by atoms with Crippen LogP contribution in [0.3, 0.4) is 0 Å². The standard InChI is InChI=1S/C16H22N2O4.Na/c19-16(20)5-4-12-18(10-2-1-3-11-18)13-14-6-8-15(9-7-14)17(21)22;/h6-9H,1-5,10-13H2;/q;+1. The summed E-state index contributed by atoms with van der Waals surface area (Å²) in [6, 6.07) is 6.70. The summed E-state index contributed by atoms with van der Waals surface area (Å²) in [6.45, 7) is 3.73. The summed E-state index contributed by atoms with van der Waals surface area (Å²) in [7, 11) is 0. The van der Waals surface area contributed by atoms with Crippen molar-refractivity contribution in [2.45, 2.75) is 38.6 Å². The van der Waals surface area contributed by atoms with Crippen LogP contribution in [0.2, 0.25) is 0 Å². The fourth-order valence-electron chi connectivity index (χ4n) is 3.31. The van der Waals surface area contributed by atoms with Gasteiger partial charge in [0.1, 0.15) is 6.54 Å². The Labute approximate surface area is 158 Å². The monoisotopic (exact) mass is 329 g/mol. The van der Waals surface area contributed by atoms with Crippen molar-refractivity contribution in [3.05, 3.63) is 39.9 Å². The second-order valence-electron chi connectivity index (χ2n) is 6.13. The van der Waals surface area contributed by atoms with Crippen molar-refractivity contribution in [3.63, 3.8) is 0 Å². The van der Waals surface area contributed by atoms with E-state index in [0.29, 0.717) is 6.42 Å². The number of aliphatic carboxylic acids is 1. The maximum atomic E-state index is 10.7. The smallest absolute Gasteiger partial charge is 0.550 e. The molecule has 0 atom stereocenters. The van der Waals surface area contributed by atoms with Gasteiger partial charge in [0.25, 0.3) is 5.69 Å². The number of carbonyl (C=O) groups excluding carboxylic acids is 1. The van der Waals surface area contributed by atoms with Gasteiger partial charge in [-0.25, -0.2) is 0 Å². The molecule has 0 N–H and O–H groups in total. The van der Waals surface area contributed by atoms with Gasteiger partial charge in [0.05, 0.1) is 24.6 Å². The van der Waals surface area contributed by atoms with Crippen LogP contribution < -0.4 is 34.7 Å². The zero-order chi connectivity index (χ0) is 16.0. The molecule has 23 heavy (non-hydrogen) atoms. The van der Waals surface area contributed by atoms with Crippen LogP contribution in [0.25, 0.3) is 0 Å². The summed E-state index contributed by atoms with van der Waals surface area (Å²) >= 11 is 0. The van der Waals surface area contributed by atoms with Gasteiger partial charge < -0.3 is 14.4 Å². The van der Waals surface area contributed by atoms with Crippen molar-refractivity contribution < 1.29 is 48.9 Å². The van der Waals surface area contributed by atoms with E-state index in [1.807, 2.05) is 12.1 Å². The topological polar surface area (TPSA) is 83.3 Å². The van der Waals surface area contributed by atoms with E-state index >= 15 is 0 Å². The first kappa shape index (κ1) is 20.1. The molecule has 0 saturated carbocycles. The van der Waals surface area contributed by atoms with Crippen molar-refractivity contribution in [2.24, 2.45) is 0 Å². The number of non-ortho nitro benzene ring substituents is 1. The third-order valence-electron chi connectivity index (χ3n) is 4.44. The summed E-state index contributed by atoms with van der Waals surface area (Å²) in [5, 5.41) is 21.3. The van der Waals surface area contributed by atoms with E-state index in [-0.39, 0.29) is 41.7 Å². The second-order valence-corrected chi connectivity index (χ2v) is 6.13. The first-order valence-electron chi connectivity index (χ1n) is 7.79. The Hall–Kier alpha value is -0.950. The Bertz CT molecular complexity index is 527. The molecule has 0 aromatic heterocycles. The molecule has 1 aromatic carbocycles. The molecule has 1 fully saturated rings. The van der Waals surface area contributed by atoms with Crippen LogP contribution in [0.15, 0.2) is 24.3 Å². The zero-order valence-corrected chi connectivity index (χ0v) is 15.7. The number of piperidine rings is 1. The number of likely N-dealkylation sites (tertiary alicyclic amines) is 1. The van der Waals surface area contributed by atoms with E-state index in [1.54, 1.807) is 0 Å². The van der Waals surface area contributed by atoms with Crippen molar-refractivity contribution in [1.82, 2.24) is 0 Å². The third-order valence-corrected chi connectivity index (χ3v) is 4.44. The van der Waals surface area contributed by atoms with Crippen LogP contribution >= 0.6 is 0 Å². The van der Waals surface area contributed by atoms with Gasteiger partial charge in [-0.1, -0.05) is 0 Å². The van der Waals surface area contributed by atoms with Crippen molar-refractivity contribution in [1.29, 1.82) is 0 Å². The summed E-state index contributed by atoms with van der Waals surface area (Å²) < 4.78 is 0.880. The molecule has 0 spiro atoms. The van der Waals surface area contributed by atoms with E-state index in [9.17, 15) is 20.0 Å². The Morgan fingerprint density at radius 3 is 2.26 bits per heavy atom. The van der Waals surface area contributed by atoms with E-state index in [4.69, 9.17) is 0 Å². The number of nitro benzene ring substituents is 1. The molecule has 2 rings (SSSR count). The van der Waals surface area contributed by atoms with Gasteiger partial charge in [0.15, 0.2) is 0 Å². The fourth-order valence-corrected chi connectivity index (χ4v) is 3.31. The number of rotatable bonds is 7. The number of benzene rings is 1. The fraction of sp³-hybridized carbons (Fsp3) is 0.562. The van der Waals surface area contributed by atoms with E-state index in [1.165, 1.54) is 18.6 Å². The molecule has 120 valence electrons. The van der Waals surface area contributed by atoms with Gasteiger partial charge >= 0.3 is 29.6 Å². The average Bonchev–Trinajstić information content (AvgIpc) is 2.48. The van der Waals surface area contributed by atoms with Crippen LogP contribution in [0, 0.1) is 10.1 Å². The van der Waals surface area contributed by atoms with E-state index in [0.717, 1.165) is 49.1 Å². The molecule has 1 aliphatic rings. The quantitative estimate of drug-likeness (QED) is 0.267. The molecule has 0 radical (unpaired) electrons. The molecule has 1 heterocycles. The predicted molar refractivity (Wildman–Crippen MR) is 79.8 cm³/mol.